The third-order valence-corrected chi connectivity index (χ3v) is 4.77. The van der Waals surface area contributed by atoms with Crippen LogP contribution in [0.1, 0.15) is 16.1 Å². The van der Waals surface area contributed by atoms with Crippen molar-refractivity contribution in [2.24, 2.45) is 5.10 Å². The first-order valence-electron chi connectivity index (χ1n) is 8.29. The minimum atomic E-state index is -0.269. The Morgan fingerprint density at radius 1 is 1.00 bits per heavy atom. The Morgan fingerprint density at radius 3 is 2.74 bits per heavy atom. The van der Waals surface area contributed by atoms with Crippen molar-refractivity contribution in [3.8, 4) is 0 Å². The molecule has 2 heterocycles. The maximum atomic E-state index is 11.9. The van der Waals surface area contributed by atoms with Gasteiger partial charge < -0.3 is 4.42 Å². The Kier molecular flexibility index (Phi) is 4.98. The van der Waals surface area contributed by atoms with Gasteiger partial charge >= 0.3 is 0 Å². The highest BCUT2D eigenvalue weighted by Crippen LogP contribution is 2.33. The van der Waals surface area contributed by atoms with Crippen LogP contribution in [0.4, 0.5) is 0 Å². The van der Waals surface area contributed by atoms with Gasteiger partial charge in [0.2, 0.25) is 0 Å². The molecule has 0 saturated carbocycles. The number of hydrogen-bond acceptors (Lipinski definition) is 5. The van der Waals surface area contributed by atoms with Crippen LogP contribution in [-0.4, -0.2) is 17.1 Å². The van der Waals surface area contributed by atoms with E-state index in [1.54, 1.807) is 36.5 Å². The Bertz CT molecular complexity index is 1100. The van der Waals surface area contributed by atoms with E-state index >= 15 is 0 Å². The summed E-state index contributed by atoms with van der Waals surface area (Å²) >= 11 is 1.50. The van der Waals surface area contributed by atoms with E-state index in [-0.39, 0.29) is 5.91 Å². The lowest BCUT2D eigenvalue weighted by Gasteiger charge is -2.02. The molecule has 2 aromatic heterocycles. The summed E-state index contributed by atoms with van der Waals surface area (Å²) in [6.07, 6.45) is 3.26. The second-order valence-corrected chi connectivity index (χ2v) is 6.70. The van der Waals surface area contributed by atoms with Gasteiger partial charge in [-0.05, 0) is 48.2 Å². The van der Waals surface area contributed by atoms with E-state index in [0.717, 1.165) is 20.9 Å². The van der Waals surface area contributed by atoms with Crippen LogP contribution in [0.3, 0.4) is 0 Å². The van der Waals surface area contributed by atoms with Crippen LogP contribution < -0.4 is 5.43 Å². The molecule has 1 amide bonds. The maximum absolute atomic E-state index is 11.9. The molecule has 2 aromatic carbocycles. The number of rotatable bonds is 5. The number of benzene rings is 2. The summed E-state index contributed by atoms with van der Waals surface area (Å²) in [6, 6.07) is 22.6. The third-order valence-electron chi connectivity index (χ3n) is 3.80. The van der Waals surface area contributed by atoms with E-state index in [2.05, 4.69) is 15.5 Å². The van der Waals surface area contributed by atoms with Gasteiger partial charge in [0.25, 0.3) is 5.91 Å². The number of amides is 1. The average Bonchev–Trinajstić information content (AvgIpc) is 3.16. The minimum Gasteiger partial charge on any atom is -0.448 e. The van der Waals surface area contributed by atoms with Crippen molar-refractivity contribution in [1.82, 2.24) is 10.4 Å². The standard InChI is InChI=1S/C21H15N3O2S/c25-21(16-6-2-1-3-7-16)24-23-14-17-11-12-19(26-17)27-18-10-4-8-15-9-5-13-22-20(15)18/h1-14H,(H,24,25)/b23-14-. The quantitative estimate of drug-likeness (QED) is 0.405. The Hall–Kier alpha value is -3.38. The van der Waals surface area contributed by atoms with Crippen LogP contribution >= 0.6 is 11.8 Å². The Morgan fingerprint density at radius 2 is 1.85 bits per heavy atom. The predicted molar refractivity (Wildman–Crippen MR) is 106 cm³/mol. The van der Waals surface area contributed by atoms with Crippen LogP contribution in [0.2, 0.25) is 0 Å². The monoisotopic (exact) mass is 373 g/mol. The normalized spacial score (nSPS) is 11.1. The lowest BCUT2D eigenvalue weighted by atomic mass is 10.2. The number of para-hydroxylation sites is 1. The van der Waals surface area contributed by atoms with Crippen LogP contribution in [0.15, 0.2) is 98.5 Å². The van der Waals surface area contributed by atoms with Gasteiger partial charge in [0.05, 0.1) is 11.7 Å². The number of nitrogens with one attached hydrogen (secondary N) is 1. The molecule has 0 saturated heterocycles. The van der Waals surface area contributed by atoms with Crippen molar-refractivity contribution in [2.75, 3.05) is 0 Å². The molecule has 0 fully saturated rings. The van der Waals surface area contributed by atoms with Crippen molar-refractivity contribution < 1.29 is 9.21 Å². The molecule has 5 nitrogen and oxygen atoms in total. The molecule has 0 radical (unpaired) electrons. The molecule has 4 aromatic rings. The number of pyridine rings is 1. The lowest BCUT2D eigenvalue weighted by molar-refractivity contribution is 0.0955. The summed E-state index contributed by atoms with van der Waals surface area (Å²) in [4.78, 5) is 17.4. The Balaban J connectivity index is 1.43. The molecule has 27 heavy (non-hydrogen) atoms. The smallest absolute Gasteiger partial charge is 0.271 e. The minimum absolute atomic E-state index is 0.269. The topological polar surface area (TPSA) is 67.5 Å². The molecule has 6 heteroatoms. The molecule has 0 aliphatic carbocycles. The van der Waals surface area contributed by atoms with Gasteiger partial charge in [-0.2, -0.15) is 5.10 Å². The van der Waals surface area contributed by atoms with Crippen LogP contribution in [-0.2, 0) is 0 Å². The number of carbonyl (C=O) groups excluding carboxylic acids is 1. The molecule has 0 spiro atoms. The fourth-order valence-electron chi connectivity index (χ4n) is 2.53. The van der Waals surface area contributed by atoms with Crippen molar-refractivity contribution in [3.63, 3.8) is 0 Å². The molecule has 0 atom stereocenters. The van der Waals surface area contributed by atoms with E-state index in [1.807, 2.05) is 42.5 Å². The highest BCUT2D eigenvalue weighted by molar-refractivity contribution is 7.99. The Labute approximate surface area is 160 Å². The molecular formula is C21H15N3O2S. The van der Waals surface area contributed by atoms with E-state index in [1.165, 1.54) is 18.0 Å². The van der Waals surface area contributed by atoms with Gasteiger partial charge in [-0.1, -0.05) is 36.4 Å². The van der Waals surface area contributed by atoms with Crippen LogP contribution in [0.25, 0.3) is 10.9 Å². The van der Waals surface area contributed by atoms with Gasteiger partial charge in [-0.15, -0.1) is 0 Å². The van der Waals surface area contributed by atoms with Gasteiger partial charge in [0.1, 0.15) is 5.76 Å². The summed E-state index contributed by atoms with van der Waals surface area (Å²) in [5, 5.41) is 5.76. The highest BCUT2D eigenvalue weighted by Gasteiger charge is 2.07. The molecule has 0 unspecified atom stereocenters. The molecule has 132 valence electrons. The summed E-state index contributed by atoms with van der Waals surface area (Å²) < 4.78 is 5.76. The van der Waals surface area contributed by atoms with Gasteiger partial charge in [0, 0.05) is 22.0 Å². The number of carbonyl (C=O) groups is 1. The fourth-order valence-corrected chi connectivity index (χ4v) is 3.44. The second kappa shape index (κ2) is 7.88. The lowest BCUT2D eigenvalue weighted by Crippen LogP contribution is -2.17. The van der Waals surface area contributed by atoms with Crippen molar-refractivity contribution in [3.05, 3.63) is 90.3 Å². The zero-order valence-electron chi connectivity index (χ0n) is 14.2. The SMILES string of the molecule is O=C(N/N=C\c1ccc(Sc2cccc3cccnc23)o1)c1ccccc1. The zero-order chi connectivity index (χ0) is 18.5. The van der Waals surface area contributed by atoms with Crippen LogP contribution in [0, 0.1) is 0 Å². The summed E-state index contributed by atoms with van der Waals surface area (Å²) in [5.41, 5.74) is 3.97. The van der Waals surface area contributed by atoms with Gasteiger partial charge in [-0.25, -0.2) is 5.43 Å². The molecular weight excluding hydrogens is 358 g/mol. The number of hydrazone groups is 1. The van der Waals surface area contributed by atoms with Crippen molar-refractivity contribution in [1.29, 1.82) is 0 Å². The summed E-state index contributed by atoms with van der Waals surface area (Å²) in [5.74, 6) is 0.286. The fraction of sp³-hybridized carbons (Fsp3) is 0. The largest absolute Gasteiger partial charge is 0.448 e. The molecule has 0 bridgehead atoms. The van der Waals surface area contributed by atoms with Crippen molar-refractivity contribution >= 4 is 34.8 Å². The number of nitrogens with zero attached hydrogens (tertiary/aromatic N) is 2. The first-order valence-corrected chi connectivity index (χ1v) is 9.11. The van der Waals surface area contributed by atoms with Crippen molar-refractivity contribution in [2.45, 2.75) is 9.99 Å². The van der Waals surface area contributed by atoms with Gasteiger partial charge in [-0.3, -0.25) is 9.78 Å². The molecule has 1 N–H and O–H groups in total. The zero-order valence-corrected chi connectivity index (χ0v) is 15.0. The highest BCUT2D eigenvalue weighted by atomic mass is 32.2. The van der Waals surface area contributed by atoms with E-state index < -0.39 is 0 Å². The van der Waals surface area contributed by atoms with Crippen LogP contribution in [0.5, 0.6) is 0 Å². The maximum Gasteiger partial charge on any atom is 0.271 e. The number of hydrogen-bond donors (Lipinski definition) is 1. The number of furan rings is 1. The van der Waals surface area contributed by atoms with Gasteiger partial charge in [0.15, 0.2) is 5.09 Å². The van der Waals surface area contributed by atoms with E-state index in [9.17, 15) is 4.79 Å². The van der Waals surface area contributed by atoms with E-state index in [0.29, 0.717) is 11.3 Å². The molecule has 0 aliphatic rings. The molecule has 0 aliphatic heterocycles. The third kappa shape index (κ3) is 4.07. The first kappa shape index (κ1) is 17.1. The summed E-state index contributed by atoms with van der Waals surface area (Å²) in [7, 11) is 0. The second-order valence-electron chi connectivity index (χ2n) is 5.66. The molecule has 4 rings (SSSR count). The predicted octanol–water partition coefficient (Wildman–Crippen LogP) is 4.74. The number of fused-ring (bicyclic) bond motifs is 1. The average molecular weight is 373 g/mol. The van der Waals surface area contributed by atoms with E-state index in [4.69, 9.17) is 4.42 Å². The summed E-state index contributed by atoms with van der Waals surface area (Å²) in [6.45, 7) is 0. The first-order chi connectivity index (χ1) is 13.3. The number of aromatic nitrogens is 1.